The van der Waals surface area contributed by atoms with Gasteiger partial charge in [0.25, 0.3) is 0 Å². The van der Waals surface area contributed by atoms with E-state index in [2.05, 4.69) is 15.2 Å². The summed E-state index contributed by atoms with van der Waals surface area (Å²) in [6.45, 7) is 2.46. The SMILES string of the molecule is Cl.Fc1ccc(CNC2CCN(c3ccc(Cl)cn3)C2)c(Cl)c1. The lowest BCUT2D eigenvalue weighted by Gasteiger charge is -2.18. The minimum Gasteiger partial charge on any atom is -0.355 e. The third-order valence-corrected chi connectivity index (χ3v) is 4.40. The van der Waals surface area contributed by atoms with Crippen molar-refractivity contribution < 1.29 is 4.39 Å². The van der Waals surface area contributed by atoms with E-state index in [1.165, 1.54) is 12.1 Å². The van der Waals surface area contributed by atoms with Gasteiger partial charge in [0, 0.05) is 36.9 Å². The summed E-state index contributed by atoms with van der Waals surface area (Å²) in [7, 11) is 0. The second-order valence-electron chi connectivity index (χ2n) is 5.38. The Labute approximate surface area is 151 Å². The molecule has 1 aliphatic rings. The van der Waals surface area contributed by atoms with Crippen molar-refractivity contribution in [1.82, 2.24) is 10.3 Å². The number of nitrogens with zero attached hydrogens (tertiary/aromatic N) is 2. The van der Waals surface area contributed by atoms with Crippen LogP contribution in [0.2, 0.25) is 10.0 Å². The van der Waals surface area contributed by atoms with Crippen molar-refractivity contribution in [3.05, 3.63) is 58.0 Å². The molecular formula is C16H17Cl3FN3. The van der Waals surface area contributed by atoms with Gasteiger partial charge in [-0.1, -0.05) is 29.3 Å². The Morgan fingerprint density at radius 1 is 1.26 bits per heavy atom. The molecule has 3 rings (SSSR count). The largest absolute Gasteiger partial charge is 0.355 e. The van der Waals surface area contributed by atoms with Gasteiger partial charge in [-0.15, -0.1) is 12.4 Å². The maximum absolute atomic E-state index is 13.0. The monoisotopic (exact) mass is 375 g/mol. The number of hydrogen-bond donors (Lipinski definition) is 1. The minimum absolute atomic E-state index is 0. The van der Waals surface area contributed by atoms with Crippen molar-refractivity contribution in [2.75, 3.05) is 18.0 Å². The summed E-state index contributed by atoms with van der Waals surface area (Å²) in [5.74, 6) is 0.628. The van der Waals surface area contributed by atoms with Crippen LogP contribution in [0, 0.1) is 5.82 Å². The molecule has 1 unspecified atom stereocenters. The highest BCUT2D eigenvalue weighted by Gasteiger charge is 2.23. The van der Waals surface area contributed by atoms with Gasteiger partial charge in [0.15, 0.2) is 0 Å². The normalized spacial score (nSPS) is 17.2. The van der Waals surface area contributed by atoms with Gasteiger partial charge in [-0.3, -0.25) is 0 Å². The van der Waals surface area contributed by atoms with Gasteiger partial charge in [0.2, 0.25) is 0 Å². The third kappa shape index (κ3) is 4.70. The zero-order valence-corrected chi connectivity index (χ0v) is 14.6. The Bertz CT molecular complexity index is 652. The van der Waals surface area contributed by atoms with E-state index < -0.39 is 0 Å². The molecule has 1 aromatic carbocycles. The van der Waals surface area contributed by atoms with Crippen LogP contribution in [0.25, 0.3) is 0 Å². The van der Waals surface area contributed by atoms with Crippen molar-refractivity contribution >= 4 is 41.4 Å². The Morgan fingerprint density at radius 3 is 2.78 bits per heavy atom. The van der Waals surface area contributed by atoms with Crippen LogP contribution in [0.3, 0.4) is 0 Å². The maximum Gasteiger partial charge on any atom is 0.128 e. The molecule has 1 atom stereocenters. The second-order valence-corrected chi connectivity index (χ2v) is 6.23. The van der Waals surface area contributed by atoms with Crippen LogP contribution in [0.15, 0.2) is 36.5 Å². The summed E-state index contributed by atoms with van der Waals surface area (Å²) in [6, 6.07) is 8.64. The van der Waals surface area contributed by atoms with E-state index in [9.17, 15) is 4.39 Å². The van der Waals surface area contributed by atoms with Crippen molar-refractivity contribution in [2.24, 2.45) is 0 Å². The molecular weight excluding hydrogens is 360 g/mol. The molecule has 124 valence electrons. The Hall–Kier alpha value is -1.07. The van der Waals surface area contributed by atoms with E-state index in [0.29, 0.717) is 22.6 Å². The first kappa shape index (κ1) is 18.3. The summed E-state index contributed by atoms with van der Waals surface area (Å²) in [6.07, 6.45) is 2.69. The summed E-state index contributed by atoms with van der Waals surface area (Å²) in [5.41, 5.74) is 0.908. The molecule has 2 aromatic rings. The standard InChI is InChI=1S/C16H16Cl2FN3.ClH/c17-12-2-4-16(21-9-12)22-6-5-14(10-22)20-8-11-1-3-13(19)7-15(11)18;/h1-4,7,9,14,20H,5-6,8,10H2;1H. The van der Waals surface area contributed by atoms with Crippen LogP contribution in [0.4, 0.5) is 10.2 Å². The quantitative estimate of drug-likeness (QED) is 0.861. The molecule has 1 N–H and O–H groups in total. The van der Waals surface area contributed by atoms with Crippen LogP contribution in [0.1, 0.15) is 12.0 Å². The summed E-state index contributed by atoms with van der Waals surface area (Å²) in [4.78, 5) is 6.56. The van der Waals surface area contributed by atoms with Crippen LogP contribution in [0.5, 0.6) is 0 Å². The zero-order valence-electron chi connectivity index (χ0n) is 12.3. The van der Waals surface area contributed by atoms with E-state index in [1.807, 2.05) is 12.1 Å². The lowest BCUT2D eigenvalue weighted by atomic mass is 10.2. The van der Waals surface area contributed by atoms with E-state index >= 15 is 0 Å². The predicted octanol–water partition coefficient (Wildman–Crippen LogP) is 4.32. The van der Waals surface area contributed by atoms with Gasteiger partial charge >= 0.3 is 0 Å². The molecule has 1 aromatic heterocycles. The number of anilines is 1. The fraction of sp³-hybridized carbons (Fsp3) is 0.312. The molecule has 0 amide bonds. The van der Waals surface area contributed by atoms with Gasteiger partial charge in [0.1, 0.15) is 11.6 Å². The molecule has 3 nitrogen and oxygen atoms in total. The molecule has 2 heterocycles. The zero-order chi connectivity index (χ0) is 15.5. The molecule has 0 radical (unpaired) electrons. The molecule has 0 saturated carbocycles. The molecule has 0 spiro atoms. The average Bonchev–Trinajstić information content (AvgIpc) is 2.96. The number of halogens is 4. The average molecular weight is 377 g/mol. The van der Waals surface area contributed by atoms with Crippen LogP contribution >= 0.6 is 35.6 Å². The molecule has 0 bridgehead atoms. The number of pyridine rings is 1. The first-order valence-corrected chi connectivity index (χ1v) is 7.91. The van der Waals surface area contributed by atoms with Gasteiger partial charge < -0.3 is 10.2 Å². The van der Waals surface area contributed by atoms with Crippen LogP contribution < -0.4 is 10.2 Å². The minimum atomic E-state index is -0.311. The lowest BCUT2D eigenvalue weighted by Crippen LogP contribution is -2.32. The first-order chi connectivity index (χ1) is 10.6. The van der Waals surface area contributed by atoms with Gasteiger partial charge in [-0.05, 0) is 36.2 Å². The highest BCUT2D eigenvalue weighted by atomic mass is 35.5. The molecule has 1 fully saturated rings. The van der Waals surface area contributed by atoms with E-state index in [1.54, 1.807) is 12.3 Å². The van der Waals surface area contributed by atoms with Crippen molar-refractivity contribution in [3.8, 4) is 0 Å². The Kier molecular flexibility index (Phi) is 6.48. The summed E-state index contributed by atoms with van der Waals surface area (Å²) in [5, 5.41) is 4.57. The molecule has 0 aliphatic carbocycles. The van der Waals surface area contributed by atoms with Crippen molar-refractivity contribution in [3.63, 3.8) is 0 Å². The lowest BCUT2D eigenvalue weighted by molar-refractivity contribution is 0.550. The molecule has 1 aliphatic heterocycles. The second kappa shape index (κ2) is 8.15. The molecule has 23 heavy (non-hydrogen) atoms. The third-order valence-electron chi connectivity index (χ3n) is 3.82. The van der Waals surface area contributed by atoms with E-state index in [-0.39, 0.29) is 18.2 Å². The number of nitrogens with one attached hydrogen (secondary N) is 1. The fourth-order valence-electron chi connectivity index (χ4n) is 2.61. The number of benzene rings is 1. The van der Waals surface area contributed by atoms with E-state index in [4.69, 9.17) is 23.2 Å². The topological polar surface area (TPSA) is 28.2 Å². The van der Waals surface area contributed by atoms with Gasteiger partial charge in [-0.2, -0.15) is 0 Å². The van der Waals surface area contributed by atoms with Gasteiger partial charge in [0.05, 0.1) is 5.02 Å². The number of hydrogen-bond acceptors (Lipinski definition) is 3. The Balaban J connectivity index is 0.00000192. The van der Waals surface area contributed by atoms with Crippen LogP contribution in [-0.2, 0) is 6.54 Å². The number of rotatable bonds is 4. The van der Waals surface area contributed by atoms with E-state index in [0.717, 1.165) is 30.9 Å². The Morgan fingerprint density at radius 2 is 2.09 bits per heavy atom. The summed E-state index contributed by atoms with van der Waals surface area (Å²) >= 11 is 11.9. The van der Waals surface area contributed by atoms with Gasteiger partial charge in [-0.25, -0.2) is 9.37 Å². The van der Waals surface area contributed by atoms with Crippen molar-refractivity contribution in [2.45, 2.75) is 19.0 Å². The predicted molar refractivity (Wildman–Crippen MR) is 95.4 cm³/mol. The van der Waals surface area contributed by atoms with Crippen LogP contribution in [-0.4, -0.2) is 24.1 Å². The van der Waals surface area contributed by atoms with Crippen molar-refractivity contribution in [1.29, 1.82) is 0 Å². The first-order valence-electron chi connectivity index (χ1n) is 7.15. The number of aromatic nitrogens is 1. The smallest absolute Gasteiger partial charge is 0.128 e. The highest BCUT2D eigenvalue weighted by molar-refractivity contribution is 6.31. The summed E-state index contributed by atoms with van der Waals surface area (Å²) < 4.78 is 13.0. The maximum atomic E-state index is 13.0. The fourth-order valence-corrected chi connectivity index (χ4v) is 2.96. The molecule has 1 saturated heterocycles. The highest BCUT2D eigenvalue weighted by Crippen LogP contribution is 2.21. The molecule has 7 heteroatoms.